The third-order valence-corrected chi connectivity index (χ3v) is 6.98. The van der Waals surface area contributed by atoms with Crippen molar-refractivity contribution in [3.8, 4) is 5.75 Å². The molecule has 5 nitrogen and oxygen atoms in total. The second-order valence-corrected chi connectivity index (χ2v) is 11.5. The molecule has 0 aliphatic heterocycles. The van der Waals surface area contributed by atoms with E-state index in [4.69, 9.17) is 27.9 Å². The fourth-order valence-corrected chi connectivity index (χ4v) is 4.75. The van der Waals surface area contributed by atoms with Gasteiger partial charge in [-0.2, -0.15) is 0 Å². The summed E-state index contributed by atoms with van der Waals surface area (Å²) in [7, 11) is 0. The highest BCUT2D eigenvalue weighted by atomic mass is 35.5. The summed E-state index contributed by atoms with van der Waals surface area (Å²) >= 11 is 13.0. The Kier molecular flexibility index (Phi) is 9.86. The number of hydrogen-bond donors (Lipinski definition) is 1. The molecular formula is C31H36Cl2N2O3. The molecule has 202 valence electrons. The molecule has 0 saturated carbocycles. The van der Waals surface area contributed by atoms with E-state index < -0.39 is 11.6 Å². The van der Waals surface area contributed by atoms with Crippen LogP contribution in [0.2, 0.25) is 10.0 Å². The van der Waals surface area contributed by atoms with Crippen LogP contribution in [0.1, 0.15) is 48.6 Å². The van der Waals surface area contributed by atoms with Gasteiger partial charge in [0.25, 0.3) is 5.91 Å². The maximum atomic E-state index is 13.9. The van der Waals surface area contributed by atoms with E-state index in [2.05, 4.69) is 11.4 Å². The predicted molar refractivity (Wildman–Crippen MR) is 155 cm³/mol. The zero-order valence-corrected chi connectivity index (χ0v) is 24.4. The van der Waals surface area contributed by atoms with Crippen molar-refractivity contribution >= 4 is 35.0 Å². The standard InChI is InChI=1S/C31H36Cl2N2O3/c1-20-15-21(2)22(3)28(16-20)38-19-29(36)35(18-24-25(32)13-10-14-26(24)33)27(30(37)34-31(4,5)6)17-23-11-8-7-9-12-23/h7-16,27H,17-19H2,1-6H3,(H,34,37)/t27-/m1/s1. The highest BCUT2D eigenvalue weighted by Crippen LogP contribution is 2.28. The number of aryl methyl sites for hydroxylation is 2. The van der Waals surface area contributed by atoms with Gasteiger partial charge in [0.1, 0.15) is 11.8 Å². The Bertz CT molecular complexity index is 1270. The number of amides is 2. The summed E-state index contributed by atoms with van der Waals surface area (Å²) in [5.74, 6) is 0.0373. The first-order valence-corrected chi connectivity index (χ1v) is 13.4. The number of benzene rings is 3. The summed E-state index contributed by atoms with van der Waals surface area (Å²) < 4.78 is 6.03. The maximum Gasteiger partial charge on any atom is 0.261 e. The van der Waals surface area contributed by atoms with Crippen molar-refractivity contribution in [3.05, 3.63) is 98.5 Å². The van der Waals surface area contributed by atoms with Gasteiger partial charge >= 0.3 is 0 Å². The Morgan fingerprint density at radius 3 is 2.18 bits per heavy atom. The monoisotopic (exact) mass is 554 g/mol. The quantitative estimate of drug-likeness (QED) is 0.314. The molecule has 0 bridgehead atoms. The molecule has 3 aromatic rings. The Morgan fingerprint density at radius 1 is 0.947 bits per heavy atom. The van der Waals surface area contributed by atoms with Crippen LogP contribution in [0.3, 0.4) is 0 Å². The van der Waals surface area contributed by atoms with E-state index in [1.54, 1.807) is 18.2 Å². The second kappa shape index (κ2) is 12.7. The van der Waals surface area contributed by atoms with Crippen LogP contribution in [-0.2, 0) is 22.6 Å². The number of rotatable bonds is 9. The highest BCUT2D eigenvalue weighted by Gasteiger charge is 2.33. The minimum Gasteiger partial charge on any atom is -0.483 e. The van der Waals surface area contributed by atoms with Gasteiger partial charge in [-0.05, 0) is 82.0 Å². The highest BCUT2D eigenvalue weighted by molar-refractivity contribution is 6.36. The molecule has 0 heterocycles. The van der Waals surface area contributed by atoms with Crippen LogP contribution in [0.15, 0.2) is 60.7 Å². The molecule has 0 fully saturated rings. The van der Waals surface area contributed by atoms with E-state index in [-0.39, 0.29) is 25.0 Å². The zero-order chi connectivity index (χ0) is 28.0. The molecule has 0 aliphatic rings. The maximum absolute atomic E-state index is 13.9. The van der Waals surface area contributed by atoms with E-state index >= 15 is 0 Å². The fourth-order valence-electron chi connectivity index (χ4n) is 4.23. The van der Waals surface area contributed by atoms with Crippen LogP contribution in [0.25, 0.3) is 0 Å². The van der Waals surface area contributed by atoms with Gasteiger partial charge in [0.15, 0.2) is 6.61 Å². The lowest BCUT2D eigenvalue weighted by Gasteiger charge is -2.34. The van der Waals surface area contributed by atoms with Crippen LogP contribution in [0.5, 0.6) is 5.75 Å². The molecule has 1 atom stereocenters. The van der Waals surface area contributed by atoms with Crippen molar-refractivity contribution in [2.24, 2.45) is 0 Å². The number of nitrogens with zero attached hydrogens (tertiary/aromatic N) is 1. The van der Waals surface area contributed by atoms with Crippen LogP contribution < -0.4 is 10.1 Å². The van der Waals surface area contributed by atoms with Gasteiger partial charge < -0.3 is 15.0 Å². The fraction of sp³-hybridized carbons (Fsp3) is 0.355. The van der Waals surface area contributed by atoms with Crippen LogP contribution >= 0.6 is 23.2 Å². The van der Waals surface area contributed by atoms with Crippen molar-refractivity contribution in [2.45, 2.75) is 66.1 Å². The third-order valence-electron chi connectivity index (χ3n) is 6.27. The minimum absolute atomic E-state index is 0.0571. The van der Waals surface area contributed by atoms with Crippen molar-refractivity contribution in [3.63, 3.8) is 0 Å². The third kappa shape index (κ3) is 7.99. The topological polar surface area (TPSA) is 58.6 Å². The van der Waals surface area contributed by atoms with Gasteiger partial charge in [-0.1, -0.05) is 65.7 Å². The second-order valence-electron chi connectivity index (χ2n) is 10.7. The van der Waals surface area contributed by atoms with Gasteiger partial charge in [-0.25, -0.2) is 0 Å². The number of halogens is 2. The van der Waals surface area contributed by atoms with Crippen LogP contribution in [0, 0.1) is 20.8 Å². The molecule has 0 unspecified atom stereocenters. The first-order chi connectivity index (χ1) is 17.9. The van der Waals surface area contributed by atoms with Gasteiger partial charge in [0.05, 0.1) is 0 Å². The smallest absolute Gasteiger partial charge is 0.261 e. The lowest BCUT2D eigenvalue weighted by atomic mass is 10.0. The number of ether oxygens (including phenoxy) is 1. The summed E-state index contributed by atoms with van der Waals surface area (Å²) in [5, 5.41) is 3.90. The van der Waals surface area contributed by atoms with Crippen molar-refractivity contribution in [1.29, 1.82) is 0 Å². The Hall–Kier alpha value is -3.02. The van der Waals surface area contributed by atoms with Gasteiger partial charge in [0, 0.05) is 34.1 Å². The molecular weight excluding hydrogens is 519 g/mol. The lowest BCUT2D eigenvalue weighted by molar-refractivity contribution is -0.143. The Labute approximate surface area is 236 Å². The summed E-state index contributed by atoms with van der Waals surface area (Å²) in [6, 6.07) is 18.0. The van der Waals surface area contributed by atoms with Crippen molar-refractivity contribution in [1.82, 2.24) is 10.2 Å². The first-order valence-electron chi connectivity index (χ1n) is 12.6. The van der Waals surface area contributed by atoms with Crippen molar-refractivity contribution in [2.75, 3.05) is 6.61 Å². The molecule has 0 radical (unpaired) electrons. The molecule has 0 aromatic heterocycles. The summed E-state index contributed by atoms with van der Waals surface area (Å²) in [6.07, 6.45) is 0.319. The molecule has 0 spiro atoms. The average Bonchev–Trinajstić information content (AvgIpc) is 2.83. The average molecular weight is 556 g/mol. The van der Waals surface area contributed by atoms with E-state index in [0.29, 0.717) is 27.8 Å². The first kappa shape index (κ1) is 29.5. The number of hydrogen-bond acceptors (Lipinski definition) is 3. The lowest BCUT2D eigenvalue weighted by Crippen LogP contribution is -2.55. The minimum atomic E-state index is -0.819. The molecule has 38 heavy (non-hydrogen) atoms. The number of carbonyl (C=O) groups is 2. The number of nitrogens with one attached hydrogen (secondary N) is 1. The SMILES string of the molecule is Cc1cc(C)c(C)c(OCC(=O)N(Cc2c(Cl)cccc2Cl)[C@H](Cc2ccccc2)C(=O)NC(C)(C)C)c1. The number of carbonyl (C=O) groups excluding carboxylic acids is 2. The molecule has 3 aromatic carbocycles. The molecule has 2 amide bonds. The molecule has 0 saturated heterocycles. The van der Waals surface area contributed by atoms with E-state index in [1.165, 1.54) is 4.90 Å². The Balaban J connectivity index is 2.01. The Morgan fingerprint density at radius 2 is 1.58 bits per heavy atom. The van der Waals surface area contributed by atoms with Crippen molar-refractivity contribution < 1.29 is 14.3 Å². The predicted octanol–water partition coefficient (Wildman–Crippen LogP) is 6.85. The normalized spacial score (nSPS) is 12.1. The summed E-state index contributed by atoms with van der Waals surface area (Å²) in [5.41, 5.74) is 4.11. The van der Waals surface area contributed by atoms with E-state index in [0.717, 1.165) is 22.3 Å². The molecule has 1 N–H and O–H groups in total. The van der Waals surface area contributed by atoms with Gasteiger partial charge in [0.2, 0.25) is 5.91 Å². The van der Waals surface area contributed by atoms with Gasteiger partial charge in [-0.3, -0.25) is 9.59 Å². The van der Waals surface area contributed by atoms with Crippen LogP contribution in [-0.4, -0.2) is 34.9 Å². The van der Waals surface area contributed by atoms with Gasteiger partial charge in [-0.15, -0.1) is 0 Å². The molecule has 0 aliphatic carbocycles. The summed E-state index contributed by atoms with van der Waals surface area (Å²) in [6.45, 7) is 11.5. The summed E-state index contributed by atoms with van der Waals surface area (Å²) in [4.78, 5) is 29.1. The van der Waals surface area contributed by atoms with E-state index in [9.17, 15) is 9.59 Å². The molecule has 7 heteroatoms. The van der Waals surface area contributed by atoms with E-state index in [1.807, 2.05) is 77.9 Å². The zero-order valence-electron chi connectivity index (χ0n) is 22.9. The largest absolute Gasteiger partial charge is 0.483 e. The van der Waals surface area contributed by atoms with Crippen LogP contribution in [0.4, 0.5) is 0 Å². The molecule has 3 rings (SSSR count).